The number of nitrogen functional groups attached to an aromatic ring is 1. The Hall–Kier alpha value is -2.98. The highest BCUT2D eigenvalue weighted by molar-refractivity contribution is 5.84. The van der Waals surface area contributed by atoms with Gasteiger partial charge in [-0.25, -0.2) is 15.0 Å². The van der Waals surface area contributed by atoms with Gasteiger partial charge in [-0.2, -0.15) is 0 Å². The van der Waals surface area contributed by atoms with E-state index in [1.54, 1.807) is 12.3 Å². The van der Waals surface area contributed by atoms with Crippen molar-refractivity contribution < 1.29 is 14.3 Å². The summed E-state index contributed by atoms with van der Waals surface area (Å²) in [5.74, 6) is 2.39. The first-order valence-electron chi connectivity index (χ1n) is 11.2. The lowest BCUT2D eigenvalue weighted by Gasteiger charge is -2.45. The molecule has 1 amide bonds. The van der Waals surface area contributed by atoms with Crippen LogP contribution in [-0.4, -0.2) is 79.5 Å². The lowest BCUT2D eigenvalue weighted by Crippen LogP contribution is -2.57. The first kappa shape index (κ1) is 20.9. The van der Waals surface area contributed by atoms with Gasteiger partial charge in [0.05, 0.1) is 37.7 Å². The number of nitrogens with one attached hydrogen (secondary N) is 1. The van der Waals surface area contributed by atoms with Gasteiger partial charge in [0.1, 0.15) is 5.82 Å². The molecular weight excluding hydrogens is 410 g/mol. The first-order valence-corrected chi connectivity index (χ1v) is 11.2. The number of nitrogens with zero attached hydrogens (tertiary/aromatic N) is 5. The van der Waals surface area contributed by atoms with Crippen LogP contribution in [0.5, 0.6) is 0 Å². The zero-order chi connectivity index (χ0) is 21.9. The maximum atomic E-state index is 12.8. The fourth-order valence-electron chi connectivity index (χ4n) is 4.50. The Kier molecular flexibility index (Phi) is 6.04. The molecule has 2 aromatic heterocycles. The number of rotatable bonds is 5. The predicted octanol–water partition coefficient (Wildman–Crippen LogP) is 0.689. The van der Waals surface area contributed by atoms with Crippen LogP contribution in [-0.2, 0) is 14.3 Å². The Morgan fingerprint density at radius 2 is 2.03 bits per heavy atom. The number of amides is 1. The van der Waals surface area contributed by atoms with E-state index in [2.05, 4.69) is 25.1 Å². The van der Waals surface area contributed by atoms with Gasteiger partial charge in [-0.05, 0) is 30.9 Å². The topological polar surface area (TPSA) is 119 Å². The van der Waals surface area contributed by atoms with Crippen LogP contribution in [0.1, 0.15) is 12.8 Å². The van der Waals surface area contributed by atoms with Gasteiger partial charge in [-0.3, -0.25) is 4.79 Å². The van der Waals surface area contributed by atoms with Crippen LogP contribution in [0, 0.1) is 5.92 Å². The number of fused-ring (bicyclic) bond motifs is 3. The number of carbonyl (C=O) groups is 1. The van der Waals surface area contributed by atoms with Crippen molar-refractivity contribution in [3.8, 4) is 11.4 Å². The lowest BCUT2D eigenvalue weighted by molar-refractivity contribution is -0.120. The van der Waals surface area contributed by atoms with Crippen molar-refractivity contribution in [2.75, 3.05) is 68.1 Å². The van der Waals surface area contributed by atoms with Crippen molar-refractivity contribution in [2.45, 2.75) is 18.9 Å². The van der Waals surface area contributed by atoms with Crippen LogP contribution in [0.25, 0.3) is 11.4 Å². The van der Waals surface area contributed by atoms with E-state index in [-0.39, 0.29) is 18.5 Å². The number of ether oxygens (including phenoxy) is 2. The molecule has 0 radical (unpaired) electrons. The molecule has 1 atom stereocenters. The van der Waals surface area contributed by atoms with Crippen LogP contribution >= 0.6 is 0 Å². The summed E-state index contributed by atoms with van der Waals surface area (Å²) in [7, 11) is 0. The smallest absolute Gasteiger partial charge is 0.239 e. The fourth-order valence-corrected chi connectivity index (χ4v) is 4.50. The number of nitrogens with two attached hydrogens (primary N) is 1. The van der Waals surface area contributed by atoms with Crippen molar-refractivity contribution in [1.82, 2.24) is 20.3 Å². The number of hydrogen-bond acceptors (Lipinski definition) is 9. The van der Waals surface area contributed by atoms with Crippen LogP contribution < -0.4 is 20.9 Å². The van der Waals surface area contributed by atoms with Crippen molar-refractivity contribution in [2.24, 2.45) is 5.92 Å². The maximum absolute atomic E-state index is 12.8. The molecule has 2 saturated heterocycles. The Balaban J connectivity index is 1.35. The van der Waals surface area contributed by atoms with Gasteiger partial charge in [0, 0.05) is 44.6 Å². The summed E-state index contributed by atoms with van der Waals surface area (Å²) in [4.78, 5) is 30.7. The molecule has 0 spiro atoms. The molecule has 3 N–H and O–H groups in total. The van der Waals surface area contributed by atoms with Gasteiger partial charge in [-0.1, -0.05) is 0 Å². The molecule has 2 fully saturated rings. The Labute approximate surface area is 187 Å². The second-order valence-electron chi connectivity index (χ2n) is 8.54. The molecule has 2 aromatic rings. The quantitative estimate of drug-likeness (QED) is 0.693. The Morgan fingerprint density at radius 3 is 2.84 bits per heavy atom. The average Bonchev–Trinajstić information content (AvgIpc) is 2.84. The fraction of sp³-hybridized carbons (Fsp3) is 0.545. The third kappa shape index (κ3) is 4.46. The molecule has 3 aliphatic heterocycles. The summed E-state index contributed by atoms with van der Waals surface area (Å²) in [6, 6.07) is 3.75. The molecule has 0 bridgehead atoms. The molecule has 170 valence electrons. The van der Waals surface area contributed by atoms with E-state index in [1.165, 1.54) is 0 Å². The molecule has 0 unspecified atom stereocenters. The molecule has 3 aliphatic rings. The monoisotopic (exact) mass is 439 g/mol. The van der Waals surface area contributed by atoms with Crippen LogP contribution in [0.4, 0.5) is 17.3 Å². The van der Waals surface area contributed by atoms with Crippen molar-refractivity contribution in [3.63, 3.8) is 0 Å². The van der Waals surface area contributed by atoms with Crippen LogP contribution in [0.3, 0.4) is 0 Å². The number of pyridine rings is 1. The summed E-state index contributed by atoms with van der Waals surface area (Å²) in [5, 5.41) is 3.10. The van der Waals surface area contributed by atoms with E-state index in [1.807, 2.05) is 12.3 Å². The molecule has 32 heavy (non-hydrogen) atoms. The van der Waals surface area contributed by atoms with Gasteiger partial charge in [0.15, 0.2) is 11.6 Å². The van der Waals surface area contributed by atoms with E-state index >= 15 is 0 Å². The molecular formula is C22H29N7O3. The Morgan fingerprint density at radius 1 is 1.16 bits per heavy atom. The van der Waals surface area contributed by atoms with Gasteiger partial charge >= 0.3 is 0 Å². The normalized spacial score (nSPS) is 21.1. The van der Waals surface area contributed by atoms with E-state index in [0.29, 0.717) is 43.9 Å². The van der Waals surface area contributed by atoms with Gasteiger partial charge in [0.25, 0.3) is 0 Å². The minimum atomic E-state index is 0.0134. The zero-order valence-electron chi connectivity index (χ0n) is 18.1. The summed E-state index contributed by atoms with van der Waals surface area (Å²) >= 11 is 0. The lowest BCUT2D eigenvalue weighted by atomic mass is 10.0. The van der Waals surface area contributed by atoms with E-state index in [9.17, 15) is 4.79 Å². The third-order valence-corrected chi connectivity index (χ3v) is 6.33. The van der Waals surface area contributed by atoms with E-state index in [4.69, 9.17) is 20.2 Å². The Bertz CT molecular complexity index is 949. The van der Waals surface area contributed by atoms with E-state index in [0.717, 1.165) is 49.7 Å². The molecule has 0 aromatic carbocycles. The number of morpholine rings is 1. The molecule has 0 saturated carbocycles. The SMILES string of the molecule is Nc1ccc(-c2ncc3c(n2)N2CCOC[C@H]2CN3CC(=O)NCC2CCOCC2)cn1. The van der Waals surface area contributed by atoms with Gasteiger partial charge in [0.2, 0.25) is 5.91 Å². The first-order chi connectivity index (χ1) is 15.7. The molecule has 10 nitrogen and oxygen atoms in total. The molecule has 5 rings (SSSR count). The number of anilines is 3. The summed E-state index contributed by atoms with van der Waals surface area (Å²) in [6.07, 6.45) is 5.49. The maximum Gasteiger partial charge on any atom is 0.239 e. The zero-order valence-corrected chi connectivity index (χ0v) is 18.1. The number of hydrogen-bond donors (Lipinski definition) is 2. The second-order valence-corrected chi connectivity index (χ2v) is 8.54. The highest BCUT2D eigenvalue weighted by Crippen LogP contribution is 2.35. The van der Waals surface area contributed by atoms with Crippen LogP contribution in [0.15, 0.2) is 24.5 Å². The predicted molar refractivity (Wildman–Crippen MR) is 120 cm³/mol. The number of carbonyl (C=O) groups excluding carboxylic acids is 1. The van der Waals surface area contributed by atoms with Gasteiger partial charge in [-0.15, -0.1) is 0 Å². The minimum absolute atomic E-state index is 0.0134. The molecule has 5 heterocycles. The molecule has 10 heteroatoms. The third-order valence-electron chi connectivity index (χ3n) is 6.33. The van der Waals surface area contributed by atoms with Crippen molar-refractivity contribution in [3.05, 3.63) is 24.5 Å². The average molecular weight is 440 g/mol. The van der Waals surface area contributed by atoms with Crippen molar-refractivity contribution in [1.29, 1.82) is 0 Å². The number of aromatic nitrogens is 3. The van der Waals surface area contributed by atoms with Crippen LogP contribution in [0.2, 0.25) is 0 Å². The summed E-state index contributed by atoms with van der Waals surface area (Å²) in [6.45, 7) is 5.25. The second kappa shape index (κ2) is 9.25. The minimum Gasteiger partial charge on any atom is -0.384 e. The highest BCUT2D eigenvalue weighted by atomic mass is 16.5. The van der Waals surface area contributed by atoms with E-state index < -0.39 is 0 Å². The standard InChI is InChI=1S/C22H29N7O3/c23-19-2-1-16(10-24-19)21-26-11-18-22(27-21)29-5-8-32-14-17(29)12-28(18)13-20(30)25-9-15-3-6-31-7-4-15/h1-2,10-11,15,17H,3-9,12-14H2,(H2,23,24)(H,25,30)/t17-/m1/s1. The van der Waals surface area contributed by atoms with Crippen molar-refractivity contribution >= 4 is 23.2 Å². The summed E-state index contributed by atoms with van der Waals surface area (Å²) in [5.41, 5.74) is 7.39. The largest absolute Gasteiger partial charge is 0.384 e. The molecule has 0 aliphatic carbocycles. The van der Waals surface area contributed by atoms with Gasteiger partial charge < -0.3 is 30.3 Å². The highest BCUT2D eigenvalue weighted by Gasteiger charge is 2.35. The summed E-state index contributed by atoms with van der Waals surface area (Å²) < 4.78 is 11.1.